The van der Waals surface area contributed by atoms with Crippen LogP contribution in [0.25, 0.3) is 0 Å². The van der Waals surface area contributed by atoms with Crippen LogP contribution in [0.4, 0.5) is 0 Å². The molecule has 6 rings (SSSR count). The van der Waals surface area contributed by atoms with E-state index >= 15 is 0 Å². The zero-order chi connectivity index (χ0) is 27.0. The molecule has 1 aliphatic carbocycles. The van der Waals surface area contributed by atoms with Gasteiger partial charge in [0, 0.05) is 5.90 Å². The fraction of sp³-hybridized carbons (Fsp3) is 0.167. The summed E-state index contributed by atoms with van der Waals surface area (Å²) in [5, 5.41) is 5.83. The SMILES string of the molecule is C1CCCC1.[Ru+2].[S-]c1ccccc1.c1ccc(P(CP(c2ccccc2)c2ccccc2)c2ccccc2)cc1. The molecule has 0 nitrogen and oxygen atoms in total. The molecule has 5 aromatic rings. The molecule has 0 N–H and O–H groups in total. The van der Waals surface area contributed by atoms with E-state index in [1.54, 1.807) is 0 Å². The van der Waals surface area contributed by atoms with E-state index in [4.69, 9.17) is 12.6 Å². The van der Waals surface area contributed by atoms with E-state index in [9.17, 15) is 0 Å². The van der Waals surface area contributed by atoms with Crippen molar-refractivity contribution in [2.45, 2.75) is 37.0 Å². The standard InChI is InChI=1S/C25H22P2.C6H6S.C5H10.Ru/c1-5-13-22(14-6-1)26(23-15-7-2-8-16-23)21-27(24-17-9-3-10-18-24)25-19-11-4-12-20-25;7-6-4-2-1-3-5-6;1-2-4-5-3-1;/h1-20H,21H2;1-5,7H;1-5H2;/q;;;+2/p-1. The van der Waals surface area contributed by atoms with Crippen molar-refractivity contribution in [3.8, 4) is 0 Å². The van der Waals surface area contributed by atoms with Crippen molar-refractivity contribution in [2.24, 2.45) is 0 Å². The molecule has 0 spiro atoms. The Morgan fingerprint density at radius 2 is 0.600 bits per heavy atom. The minimum absolute atomic E-state index is 0. The molecular weight excluding hydrogens is 627 g/mol. The summed E-state index contributed by atoms with van der Waals surface area (Å²) in [6, 6.07) is 53.7. The first-order valence-electron chi connectivity index (χ1n) is 13.8. The molecule has 204 valence electrons. The number of benzene rings is 5. The molecule has 0 bridgehead atoms. The minimum atomic E-state index is -0.409. The third-order valence-electron chi connectivity index (χ3n) is 6.55. The summed E-state index contributed by atoms with van der Waals surface area (Å²) in [4.78, 5) is 0.905. The third-order valence-corrected chi connectivity index (χ3v) is 12.8. The predicted octanol–water partition coefficient (Wildman–Crippen LogP) is 8.75. The molecule has 0 atom stereocenters. The summed E-state index contributed by atoms with van der Waals surface area (Å²) in [6.07, 6.45) is 7.50. The predicted molar refractivity (Wildman–Crippen MR) is 178 cm³/mol. The van der Waals surface area contributed by atoms with E-state index in [2.05, 4.69) is 121 Å². The van der Waals surface area contributed by atoms with E-state index in [0.29, 0.717) is 0 Å². The van der Waals surface area contributed by atoms with Crippen LogP contribution >= 0.6 is 15.8 Å². The Hall–Kier alpha value is -2.20. The first kappa shape index (κ1) is 32.3. The van der Waals surface area contributed by atoms with Crippen LogP contribution in [0.1, 0.15) is 32.1 Å². The summed E-state index contributed by atoms with van der Waals surface area (Å²) in [7, 11) is -0.817. The molecule has 40 heavy (non-hydrogen) atoms. The monoisotopic (exact) mass is 665 g/mol. The van der Waals surface area contributed by atoms with Crippen molar-refractivity contribution >= 4 is 49.7 Å². The largest absolute Gasteiger partial charge is 2.00 e. The van der Waals surface area contributed by atoms with Crippen molar-refractivity contribution in [3.63, 3.8) is 0 Å². The molecule has 0 heterocycles. The Kier molecular flexibility index (Phi) is 15.4. The van der Waals surface area contributed by atoms with Crippen LogP contribution in [0.5, 0.6) is 0 Å². The summed E-state index contributed by atoms with van der Waals surface area (Å²) < 4.78 is 0. The van der Waals surface area contributed by atoms with Gasteiger partial charge >= 0.3 is 19.5 Å². The number of hydrogen-bond acceptors (Lipinski definition) is 1. The van der Waals surface area contributed by atoms with Crippen LogP contribution in [-0.4, -0.2) is 5.90 Å². The van der Waals surface area contributed by atoms with Gasteiger partial charge in [0.05, 0.1) is 0 Å². The van der Waals surface area contributed by atoms with Gasteiger partial charge in [0.15, 0.2) is 0 Å². The van der Waals surface area contributed by atoms with Crippen LogP contribution in [0, 0.1) is 0 Å². The maximum Gasteiger partial charge on any atom is 2.00 e. The van der Waals surface area contributed by atoms with Crippen LogP contribution < -0.4 is 21.2 Å². The first-order valence-corrected chi connectivity index (χ1v) is 17.2. The van der Waals surface area contributed by atoms with Gasteiger partial charge in [-0.05, 0) is 37.1 Å². The van der Waals surface area contributed by atoms with Gasteiger partial charge in [-0.1, -0.05) is 184 Å². The molecule has 1 saturated carbocycles. The number of hydrogen-bond donors (Lipinski definition) is 0. The Morgan fingerprint density at radius 1 is 0.375 bits per heavy atom. The van der Waals surface area contributed by atoms with E-state index < -0.39 is 15.8 Å². The molecule has 5 aromatic carbocycles. The normalized spacial score (nSPS) is 11.9. The molecule has 0 unspecified atom stereocenters. The molecule has 1 aliphatic rings. The Bertz CT molecular complexity index is 1130. The zero-order valence-electron chi connectivity index (χ0n) is 22.8. The smallest absolute Gasteiger partial charge is 0.780 e. The molecule has 0 aromatic heterocycles. The van der Waals surface area contributed by atoms with Crippen LogP contribution in [0.3, 0.4) is 0 Å². The minimum Gasteiger partial charge on any atom is -0.780 e. The average molecular weight is 665 g/mol. The quantitative estimate of drug-likeness (QED) is 0.0994. The van der Waals surface area contributed by atoms with E-state index in [1.165, 1.54) is 59.2 Å². The maximum atomic E-state index is 4.81. The van der Waals surface area contributed by atoms with Crippen LogP contribution in [-0.2, 0) is 32.1 Å². The summed E-state index contributed by atoms with van der Waals surface area (Å²) in [6.45, 7) is 0. The van der Waals surface area contributed by atoms with E-state index in [0.717, 1.165) is 4.90 Å². The maximum absolute atomic E-state index is 4.81. The molecule has 0 aliphatic heterocycles. The second-order valence-electron chi connectivity index (χ2n) is 9.42. The Labute approximate surface area is 262 Å². The van der Waals surface area contributed by atoms with Crippen LogP contribution in [0.15, 0.2) is 157 Å². The second kappa shape index (κ2) is 19.0. The molecule has 0 saturated heterocycles. The van der Waals surface area contributed by atoms with Crippen molar-refractivity contribution < 1.29 is 19.5 Å². The third kappa shape index (κ3) is 11.0. The molecule has 0 amide bonds. The van der Waals surface area contributed by atoms with Gasteiger partial charge in [0.25, 0.3) is 0 Å². The fourth-order valence-corrected chi connectivity index (χ4v) is 11.1. The van der Waals surface area contributed by atoms with Gasteiger partial charge in [-0.25, -0.2) is 0 Å². The van der Waals surface area contributed by atoms with E-state index in [1.807, 2.05) is 30.3 Å². The molecule has 0 radical (unpaired) electrons. The topological polar surface area (TPSA) is 0 Å². The zero-order valence-corrected chi connectivity index (χ0v) is 27.2. The second-order valence-corrected chi connectivity index (χ2v) is 14.8. The van der Waals surface area contributed by atoms with Gasteiger partial charge in [-0.3, -0.25) is 0 Å². The van der Waals surface area contributed by atoms with Gasteiger partial charge in [0.2, 0.25) is 0 Å². The van der Waals surface area contributed by atoms with Gasteiger partial charge < -0.3 is 12.6 Å². The van der Waals surface area contributed by atoms with Crippen molar-refractivity contribution in [1.29, 1.82) is 0 Å². The van der Waals surface area contributed by atoms with Crippen molar-refractivity contribution in [3.05, 3.63) is 152 Å². The summed E-state index contributed by atoms with van der Waals surface area (Å²) in [5.41, 5.74) is 0. The average Bonchev–Trinajstić information content (AvgIpc) is 3.61. The van der Waals surface area contributed by atoms with Crippen molar-refractivity contribution in [2.75, 3.05) is 5.90 Å². The Morgan fingerprint density at radius 3 is 0.800 bits per heavy atom. The summed E-state index contributed by atoms with van der Waals surface area (Å²) in [5.74, 6) is 1.17. The van der Waals surface area contributed by atoms with E-state index in [-0.39, 0.29) is 19.5 Å². The van der Waals surface area contributed by atoms with Gasteiger partial charge in [-0.2, -0.15) is 4.90 Å². The summed E-state index contributed by atoms with van der Waals surface area (Å²) >= 11 is 4.81. The number of rotatable bonds is 6. The Balaban J connectivity index is 0.000000280. The van der Waals surface area contributed by atoms with Crippen molar-refractivity contribution in [1.82, 2.24) is 0 Å². The van der Waals surface area contributed by atoms with Crippen LogP contribution in [0.2, 0.25) is 0 Å². The van der Waals surface area contributed by atoms with Gasteiger partial charge in [-0.15, -0.1) is 0 Å². The fourth-order valence-electron chi connectivity index (χ4n) is 4.50. The first-order chi connectivity index (χ1) is 19.3. The molecule has 4 heteroatoms. The van der Waals surface area contributed by atoms with Gasteiger partial charge in [0.1, 0.15) is 0 Å². The molecule has 1 fully saturated rings. The molecular formula is C36H37P2RuS+.